The van der Waals surface area contributed by atoms with Gasteiger partial charge in [0.05, 0.1) is 5.60 Å². The van der Waals surface area contributed by atoms with E-state index in [2.05, 4.69) is 19.1 Å². The third-order valence-corrected chi connectivity index (χ3v) is 10.1. The zero-order chi connectivity index (χ0) is 20.0. The van der Waals surface area contributed by atoms with Crippen molar-refractivity contribution in [3.63, 3.8) is 0 Å². The number of ketones is 1. The molecule has 6 aliphatic rings. The summed E-state index contributed by atoms with van der Waals surface area (Å²) >= 11 is 0. The molecule has 0 radical (unpaired) electrons. The number of hydrogen-bond acceptors (Lipinski definition) is 4. The van der Waals surface area contributed by atoms with Crippen molar-refractivity contribution in [3.05, 3.63) is 23.8 Å². The molecule has 1 spiro atoms. The van der Waals surface area contributed by atoms with E-state index >= 15 is 0 Å². The Morgan fingerprint density at radius 1 is 1.24 bits per heavy atom. The van der Waals surface area contributed by atoms with Crippen molar-refractivity contribution in [1.29, 1.82) is 0 Å². The molecule has 4 nitrogen and oxygen atoms in total. The van der Waals surface area contributed by atoms with E-state index in [1.54, 1.807) is 7.11 Å². The fraction of sp³-hybridized carbons (Fsp3) is 0.800. The zero-order valence-electron chi connectivity index (χ0n) is 17.7. The molecule has 1 aliphatic heterocycles. The van der Waals surface area contributed by atoms with Gasteiger partial charge in [0.25, 0.3) is 0 Å². The first-order valence-electron chi connectivity index (χ1n) is 11.8. The highest BCUT2D eigenvalue weighted by Gasteiger charge is 2.78. The number of methoxy groups -OCH3 is 1. The molecule has 4 saturated carbocycles. The van der Waals surface area contributed by atoms with Crippen molar-refractivity contribution in [3.8, 4) is 0 Å². The molecule has 0 aromatic heterocycles. The van der Waals surface area contributed by atoms with Gasteiger partial charge in [0.1, 0.15) is 0 Å². The summed E-state index contributed by atoms with van der Waals surface area (Å²) < 4.78 is 12.3. The van der Waals surface area contributed by atoms with Crippen molar-refractivity contribution in [2.75, 3.05) is 13.7 Å². The number of fused-ring (bicyclic) bond motifs is 9. The first-order valence-corrected chi connectivity index (χ1v) is 11.8. The standard InChI is InChI=1S/C25H34O4/c1-3-24-8-6-17-16-5-4-15(27)11-18(16)14(13-26)10-19(17)23(24)20-12-21(20)25(24)9-7-22(28-2)29-25/h7,9,11,14,16-17,19-23,26H,3-6,8,10,12-13H2,1-2H3/t14-,16-,17?,19?,20+,21-,22?,23?,24+,25+/m1/s1. The van der Waals surface area contributed by atoms with Crippen LogP contribution in [0.1, 0.15) is 51.9 Å². The Morgan fingerprint density at radius 2 is 2.10 bits per heavy atom. The van der Waals surface area contributed by atoms with Gasteiger partial charge in [-0.3, -0.25) is 4.79 Å². The molecule has 0 amide bonds. The Hall–Kier alpha value is -0.970. The van der Waals surface area contributed by atoms with Crippen LogP contribution < -0.4 is 0 Å². The Bertz CT molecular complexity index is 786. The van der Waals surface area contributed by atoms with Gasteiger partial charge < -0.3 is 14.6 Å². The van der Waals surface area contributed by atoms with E-state index in [0.717, 1.165) is 25.2 Å². The van der Waals surface area contributed by atoms with E-state index in [1.807, 2.05) is 6.08 Å². The predicted octanol–water partition coefficient (Wildman–Crippen LogP) is 3.89. The first kappa shape index (κ1) is 18.8. The van der Waals surface area contributed by atoms with Crippen LogP contribution in [0.4, 0.5) is 0 Å². The largest absolute Gasteiger partial charge is 0.396 e. The monoisotopic (exact) mass is 398 g/mol. The molecule has 6 rings (SSSR count). The molecule has 4 unspecified atom stereocenters. The lowest BCUT2D eigenvalue weighted by Crippen LogP contribution is -2.57. The molecule has 4 fully saturated rings. The van der Waals surface area contributed by atoms with E-state index in [0.29, 0.717) is 36.0 Å². The maximum atomic E-state index is 12.1. The van der Waals surface area contributed by atoms with Crippen LogP contribution >= 0.6 is 0 Å². The molecular formula is C25H34O4. The van der Waals surface area contributed by atoms with Crippen LogP contribution in [0.15, 0.2) is 23.8 Å². The predicted molar refractivity (Wildman–Crippen MR) is 109 cm³/mol. The van der Waals surface area contributed by atoms with Crippen LogP contribution in [0.25, 0.3) is 0 Å². The lowest BCUT2D eigenvalue weighted by Gasteiger charge is -2.59. The summed E-state index contributed by atoms with van der Waals surface area (Å²) in [5, 5.41) is 10.2. The number of aliphatic hydroxyl groups is 1. The molecule has 0 aromatic carbocycles. The smallest absolute Gasteiger partial charge is 0.177 e. The van der Waals surface area contributed by atoms with Gasteiger partial charge in [-0.25, -0.2) is 0 Å². The highest BCUT2D eigenvalue weighted by Crippen LogP contribution is 2.79. The Labute approximate surface area is 173 Å². The minimum atomic E-state index is -0.202. The van der Waals surface area contributed by atoms with Crippen LogP contribution in [-0.4, -0.2) is 36.5 Å². The summed E-state index contributed by atoms with van der Waals surface area (Å²) in [5.41, 5.74) is 1.35. The molecule has 1 N–H and O–H groups in total. The van der Waals surface area contributed by atoms with Crippen LogP contribution in [0, 0.1) is 46.8 Å². The van der Waals surface area contributed by atoms with Crippen LogP contribution in [0.3, 0.4) is 0 Å². The lowest BCUT2D eigenvalue weighted by atomic mass is 9.46. The summed E-state index contributed by atoms with van der Waals surface area (Å²) in [6, 6.07) is 0. The van der Waals surface area contributed by atoms with Gasteiger partial charge in [-0.05, 0) is 86.2 Å². The van der Waals surface area contributed by atoms with Crippen LogP contribution in [0.2, 0.25) is 0 Å². The number of carbonyl (C=O) groups is 1. The first-order chi connectivity index (χ1) is 14.1. The minimum Gasteiger partial charge on any atom is -0.396 e. The maximum Gasteiger partial charge on any atom is 0.177 e. The second-order valence-electron chi connectivity index (χ2n) is 10.7. The summed E-state index contributed by atoms with van der Waals surface area (Å²) in [6.45, 7) is 2.56. The van der Waals surface area contributed by atoms with Gasteiger partial charge in [0, 0.05) is 31.5 Å². The molecule has 29 heavy (non-hydrogen) atoms. The van der Waals surface area contributed by atoms with Crippen molar-refractivity contribution >= 4 is 5.78 Å². The molecule has 0 bridgehead atoms. The van der Waals surface area contributed by atoms with E-state index < -0.39 is 0 Å². The van der Waals surface area contributed by atoms with Gasteiger partial charge >= 0.3 is 0 Å². The third-order valence-electron chi connectivity index (χ3n) is 10.1. The van der Waals surface area contributed by atoms with E-state index in [1.165, 1.54) is 24.8 Å². The molecule has 158 valence electrons. The third kappa shape index (κ3) is 2.24. The number of aliphatic hydroxyl groups excluding tert-OH is 1. The average molecular weight is 399 g/mol. The van der Waals surface area contributed by atoms with Gasteiger partial charge in [-0.1, -0.05) is 18.6 Å². The molecule has 0 saturated heterocycles. The molecule has 0 aromatic rings. The fourth-order valence-electron chi connectivity index (χ4n) is 9.12. The summed E-state index contributed by atoms with van der Waals surface area (Å²) in [7, 11) is 1.74. The lowest BCUT2D eigenvalue weighted by molar-refractivity contribution is -0.211. The molecule has 1 heterocycles. The summed E-state index contributed by atoms with van der Waals surface area (Å²) in [5.74, 6) is 4.38. The number of rotatable bonds is 3. The second-order valence-corrected chi connectivity index (χ2v) is 10.7. The number of ether oxygens (including phenoxy) is 2. The molecular weight excluding hydrogens is 364 g/mol. The van der Waals surface area contributed by atoms with Crippen molar-refractivity contribution < 1.29 is 19.4 Å². The van der Waals surface area contributed by atoms with Gasteiger partial charge in [0.15, 0.2) is 12.1 Å². The summed E-state index contributed by atoms with van der Waals surface area (Å²) in [4.78, 5) is 12.1. The average Bonchev–Trinajstić information content (AvgIpc) is 3.35. The zero-order valence-corrected chi connectivity index (χ0v) is 17.7. The van der Waals surface area contributed by atoms with E-state index in [-0.39, 0.29) is 35.6 Å². The topological polar surface area (TPSA) is 55.8 Å². The number of carbonyl (C=O) groups excluding carboxylic acids is 1. The second kappa shape index (κ2) is 6.27. The van der Waals surface area contributed by atoms with Crippen LogP contribution in [-0.2, 0) is 14.3 Å². The van der Waals surface area contributed by atoms with Crippen molar-refractivity contribution in [1.82, 2.24) is 0 Å². The molecule has 4 heteroatoms. The van der Waals surface area contributed by atoms with E-state index in [9.17, 15) is 9.90 Å². The Balaban J connectivity index is 1.40. The van der Waals surface area contributed by atoms with Crippen molar-refractivity contribution in [2.24, 2.45) is 46.8 Å². The minimum absolute atomic E-state index is 0.143. The Morgan fingerprint density at radius 3 is 2.83 bits per heavy atom. The number of hydrogen-bond donors (Lipinski definition) is 1. The molecule has 10 atom stereocenters. The highest BCUT2D eigenvalue weighted by molar-refractivity contribution is 5.91. The van der Waals surface area contributed by atoms with Crippen molar-refractivity contribution in [2.45, 2.75) is 63.8 Å². The SMILES string of the molecule is CC[C@]12CCC3C(C[C@H](CO)C4=CC(=O)CC[C@@H]43)C1[C@H]1C[C@H]1[C@@]21C=CC(OC)O1. The van der Waals surface area contributed by atoms with Gasteiger partial charge in [-0.2, -0.15) is 0 Å². The van der Waals surface area contributed by atoms with Gasteiger partial charge in [-0.15, -0.1) is 0 Å². The molecule has 5 aliphatic carbocycles. The Kier molecular flexibility index (Phi) is 4.06. The van der Waals surface area contributed by atoms with Gasteiger partial charge in [0.2, 0.25) is 0 Å². The highest BCUT2D eigenvalue weighted by atomic mass is 16.7. The van der Waals surface area contributed by atoms with Crippen LogP contribution in [0.5, 0.6) is 0 Å². The maximum absolute atomic E-state index is 12.1. The normalized spacial score (nSPS) is 54.6. The van der Waals surface area contributed by atoms with E-state index in [4.69, 9.17) is 9.47 Å². The summed E-state index contributed by atoms with van der Waals surface area (Å²) in [6.07, 6.45) is 13.9. The quantitative estimate of drug-likeness (QED) is 0.733. The fourth-order valence-corrected chi connectivity index (χ4v) is 9.12.